The van der Waals surface area contributed by atoms with Crippen molar-refractivity contribution in [1.29, 1.82) is 5.26 Å². The highest BCUT2D eigenvalue weighted by Gasteiger charge is 2.30. The van der Waals surface area contributed by atoms with Gasteiger partial charge in [0.2, 0.25) is 0 Å². The van der Waals surface area contributed by atoms with Gasteiger partial charge in [-0.1, -0.05) is 24.3 Å². The summed E-state index contributed by atoms with van der Waals surface area (Å²) in [5.41, 5.74) is 2.97. The topological polar surface area (TPSA) is 74.5 Å². The number of nitriles is 1. The summed E-state index contributed by atoms with van der Waals surface area (Å²) in [6.07, 6.45) is -3.20. The number of hydrogen-bond acceptors (Lipinski definition) is 4. The number of rotatable bonds is 6. The zero-order chi connectivity index (χ0) is 24.0. The molecule has 1 amide bonds. The van der Waals surface area contributed by atoms with E-state index < -0.39 is 17.6 Å². The summed E-state index contributed by atoms with van der Waals surface area (Å²) in [7, 11) is 0. The Morgan fingerprint density at radius 3 is 2.45 bits per heavy atom. The predicted molar refractivity (Wildman–Crippen MR) is 124 cm³/mol. The summed E-state index contributed by atoms with van der Waals surface area (Å²) in [6.45, 7) is 0.182. The van der Waals surface area contributed by atoms with Gasteiger partial charge in [-0.3, -0.25) is 4.79 Å². The van der Waals surface area contributed by atoms with Crippen LogP contribution in [0.2, 0.25) is 0 Å². The van der Waals surface area contributed by atoms with E-state index in [1.54, 1.807) is 30.3 Å². The summed E-state index contributed by atoms with van der Waals surface area (Å²) < 4.78 is 45.5. The van der Waals surface area contributed by atoms with Gasteiger partial charge in [-0.2, -0.15) is 23.5 Å². The highest BCUT2D eigenvalue weighted by atomic mass is 79.9. The third-order valence-corrected chi connectivity index (χ3v) is 5.54. The maximum absolute atomic E-state index is 12.8. The molecule has 0 unspecified atom stereocenters. The highest BCUT2D eigenvalue weighted by Crippen LogP contribution is 2.35. The molecule has 3 aromatic carbocycles. The van der Waals surface area contributed by atoms with Gasteiger partial charge in [-0.05, 0) is 73.8 Å². The molecule has 0 spiro atoms. The number of hydrogen-bond donors (Lipinski definition) is 1. The molecule has 168 valence electrons. The van der Waals surface area contributed by atoms with Gasteiger partial charge in [0.1, 0.15) is 12.4 Å². The van der Waals surface area contributed by atoms with Gasteiger partial charge < -0.3 is 4.74 Å². The van der Waals surface area contributed by atoms with Crippen molar-refractivity contribution < 1.29 is 22.7 Å². The predicted octanol–water partition coefficient (Wildman–Crippen LogP) is 6.44. The van der Waals surface area contributed by atoms with Crippen molar-refractivity contribution >= 4 is 44.0 Å². The van der Waals surface area contributed by atoms with Crippen molar-refractivity contribution in [3.05, 3.63) is 97.4 Å². The second-order valence-electron chi connectivity index (χ2n) is 6.65. The lowest BCUT2D eigenvalue weighted by Gasteiger charge is -2.12. The molecule has 0 fully saturated rings. The van der Waals surface area contributed by atoms with E-state index in [0.717, 1.165) is 23.8 Å². The number of amides is 1. The summed E-state index contributed by atoms with van der Waals surface area (Å²) in [5, 5.41) is 13.0. The third kappa shape index (κ3) is 6.43. The van der Waals surface area contributed by atoms with Crippen LogP contribution in [0, 0.1) is 11.3 Å². The minimum absolute atomic E-state index is 0.161. The van der Waals surface area contributed by atoms with Crippen LogP contribution in [0.4, 0.5) is 13.2 Å². The molecule has 3 rings (SSSR count). The molecule has 3 aromatic rings. The Hall–Kier alpha value is -3.16. The number of carbonyl (C=O) groups is 1. The average molecular weight is 581 g/mol. The van der Waals surface area contributed by atoms with Crippen molar-refractivity contribution in [3.63, 3.8) is 0 Å². The minimum atomic E-state index is -4.54. The van der Waals surface area contributed by atoms with E-state index in [-0.39, 0.29) is 12.2 Å². The lowest BCUT2D eigenvalue weighted by atomic mass is 10.1. The first-order valence-electron chi connectivity index (χ1n) is 9.29. The standard InChI is InChI=1S/C23H14Br2F3N3O2/c24-19-8-14(9-20(25)21(19)33-13-17-5-2-1-4-16(17)11-29)12-30-31-22(32)15-6-3-7-18(10-15)23(26,27)28/h1-10,12H,13H2,(H,31,32)/b30-12+. The van der Waals surface area contributed by atoms with E-state index in [1.165, 1.54) is 12.3 Å². The van der Waals surface area contributed by atoms with E-state index in [9.17, 15) is 23.2 Å². The van der Waals surface area contributed by atoms with Crippen molar-refractivity contribution in [2.45, 2.75) is 12.8 Å². The number of nitrogens with zero attached hydrogens (tertiary/aromatic N) is 2. The van der Waals surface area contributed by atoms with Crippen LogP contribution >= 0.6 is 31.9 Å². The summed E-state index contributed by atoms with van der Waals surface area (Å²) in [5.74, 6) is -0.264. The molecular formula is C23H14Br2F3N3O2. The number of halogens is 5. The largest absolute Gasteiger partial charge is 0.486 e. The number of ether oxygens (including phenoxy) is 1. The van der Waals surface area contributed by atoms with Crippen molar-refractivity contribution in [2.75, 3.05) is 0 Å². The maximum Gasteiger partial charge on any atom is 0.416 e. The van der Waals surface area contributed by atoms with Crippen LogP contribution in [0.25, 0.3) is 0 Å². The third-order valence-electron chi connectivity index (χ3n) is 4.36. The normalized spacial score (nSPS) is 11.3. The van der Waals surface area contributed by atoms with E-state index in [2.05, 4.69) is 48.5 Å². The number of benzene rings is 3. The van der Waals surface area contributed by atoms with Crippen LogP contribution in [0.15, 0.2) is 74.7 Å². The van der Waals surface area contributed by atoms with Gasteiger partial charge >= 0.3 is 6.18 Å². The summed E-state index contributed by atoms with van der Waals surface area (Å²) in [4.78, 5) is 12.1. The Morgan fingerprint density at radius 1 is 1.09 bits per heavy atom. The fourth-order valence-corrected chi connectivity index (χ4v) is 4.21. The molecule has 0 saturated heterocycles. The van der Waals surface area contributed by atoms with Crippen LogP contribution in [-0.4, -0.2) is 12.1 Å². The van der Waals surface area contributed by atoms with Crippen molar-refractivity contribution in [1.82, 2.24) is 5.43 Å². The lowest BCUT2D eigenvalue weighted by Crippen LogP contribution is -2.18. The monoisotopic (exact) mass is 579 g/mol. The van der Waals surface area contributed by atoms with Gasteiger partial charge in [0.15, 0.2) is 0 Å². The molecule has 1 N–H and O–H groups in total. The molecule has 0 bridgehead atoms. The van der Waals surface area contributed by atoms with Gasteiger partial charge in [0.25, 0.3) is 5.91 Å². The summed E-state index contributed by atoms with van der Waals surface area (Å²) >= 11 is 6.83. The van der Waals surface area contributed by atoms with Crippen molar-refractivity contribution in [3.8, 4) is 11.8 Å². The van der Waals surface area contributed by atoms with E-state index >= 15 is 0 Å². The molecule has 0 radical (unpaired) electrons. The molecule has 0 aliphatic rings. The van der Waals surface area contributed by atoms with Crippen LogP contribution < -0.4 is 10.2 Å². The number of hydrazone groups is 1. The van der Waals surface area contributed by atoms with Gasteiger partial charge in [0, 0.05) is 11.1 Å². The van der Waals surface area contributed by atoms with Crippen LogP contribution in [0.1, 0.15) is 32.6 Å². The van der Waals surface area contributed by atoms with Gasteiger partial charge in [-0.15, -0.1) is 0 Å². The van der Waals surface area contributed by atoms with E-state index in [1.807, 2.05) is 6.07 Å². The first-order valence-corrected chi connectivity index (χ1v) is 10.9. The molecule has 5 nitrogen and oxygen atoms in total. The first-order chi connectivity index (χ1) is 15.7. The Bertz CT molecular complexity index is 1230. The van der Waals surface area contributed by atoms with Crippen LogP contribution in [0.5, 0.6) is 5.75 Å². The Balaban J connectivity index is 1.67. The van der Waals surface area contributed by atoms with E-state index in [0.29, 0.717) is 25.8 Å². The molecule has 0 aromatic heterocycles. The number of carbonyl (C=O) groups excluding carboxylic acids is 1. The van der Waals surface area contributed by atoms with Gasteiger partial charge in [0.05, 0.1) is 32.4 Å². The number of nitrogens with one attached hydrogen (secondary N) is 1. The molecule has 0 atom stereocenters. The van der Waals surface area contributed by atoms with E-state index in [4.69, 9.17) is 4.74 Å². The van der Waals surface area contributed by atoms with Gasteiger partial charge in [-0.25, -0.2) is 5.43 Å². The first kappa shape index (κ1) is 24.5. The second kappa shape index (κ2) is 10.6. The Morgan fingerprint density at radius 2 is 1.79 bits per heavy atom. The minimum Gasteiger partial charge on any atom is -0.486 e. The number of alkyl halides is 3. The Labute approximate surface area is 204 Å². The molecule has 33 heavy (non-hydrogen) atoms. The van der Waals surface area contributed by atoms with Crippen LogP contribution in [0.3, 0.4) is 0 Å². The highest BCUT2D eigenvalue weighted by molar-refractivity contribution is 9.11. The quantitative estimate of drug-likeness (QED) is 0.269. The molecule has 0 aliphatic heterocycles. The average Bonchev–Trinajstić information content (AvgIpc) is 2.78. The lowest BCUT2D eigenvalue weighted by molar-refractivity contribution is -0.137. The Kier molecular flexibility index (Phi) is 7.89. The SMILES string of the molecule is N#Cc1ccccc1COc1c(Br)cc(/C=N/NC(=O)c2cccc(C(F)(F)F)c2)cc1Br. The fourth-order valence-electron chi connectivity index (χ4n) is 2.76. The zero-order valence-electron chi connectivity index (χ0n) is 16.7. The van der Waals surface area contributed by atoms with Crippen LogP contribution in [-0.2, 0) is 12.8 Å². The molecular weight excluding hydrogens is 567 g/mol. The smallest absolute Gasteiger partial charge is 0.416 e. The zero-order valence-corrected chi connectivity index (χ0v) is 19.8. The maximum atomic E-state index is 12.8. The van der Waals surface area contributed by atoms with Crippen molar-refractivity contribution in [2.24, 2.45) is 5.10 Å². The second-order valence-corrected chi connectivity index (χ2v) is 8.36. The summed E-state index contributed by atoms with van der Waals surface area (Å²) in [6, 6.07) is 16.7. The molecule has 0 heterocycles. The molecule has 10 heteroatoms. The molecule has 0 saturated carbocycles. The molecule has 0 aliphatic carbocycles. The fraction of sp³-hybridized carbons (Fsp3) is 0.0870.